The summed E-state index contributed by atoms with van der Waals surface area (Å²) in [7, 11) is 2.29. The van der Waals surface area contributed by atoms with Crippen molar-refractivity contribution in [2.24, 2.45) is 5.41 Å². The molecule has 1 amide bonds. The van der Waals surface area contributed by atoms with Crippen LogP contribution in [0.15, 0.2) is 0 Å². The number of amides is 1. The van der Waals surface area contributed by atoms with Gasteiger partial charge in [0.05, 0.1) is 6.10 Å². The lowest BCUT2D eigenvalue weighted by molar-refractivity contribution is -0.121. The van der Waals surface area contributed by atoms with Gasteiger partial charge in [-0.25, -0.2) is 0 Å². The summed E-state index contributed by atoms with van der Waals surface area (Å²) in [6.07, 6.45) is 9.32. The number of aliphatic hydroxyl groups excluding tert-OH is 1. The Morgan fingerprint density at radius 3 is 2.11 bits per heavy atom. The third-order valence-electron chi connectivity index (χ3n) is 5.39. The fourth-order valence-electron chi connectivity index (χ4n) is 3.18. The lowest BCUT2D eigenvalue weighted by atomic mass is 9.90. The fourth-order valence-corrected chi connectivity index (χ4v) is 5.27. The lowest BCUT2D eigenvalue weighted by Gasteiger charge is -2.30. The minimum Gasteiger partial charge on any atom is -0.393 e. The van der Waals surface area contributed by atoms with E-state index < -0.39 is 8.80 Å². The summed E-state index contributed by atoms with van der Waals surface area (Å²) in [4.78, 5) is 12.1. The topological polar surface area (TPSA) is 77.0 Å². The van der Waals surface area contributed by atoms with Crippen LogP contribution in [0, 0.1) is 5.41 Å². The molecule has 0 bridgehead atoms. The molecule has 0 aliphatic carbocycles. The van der Waals surface area contributed by atoms with Crippen LogP contribution in [-0.4, -0.2) is 53.8 Å². The molecule has 0 spiro atoms. The van der Waals surface area contributed by atoms with Crippen molar-refractivity contribution >= 4 is 14.7 Å². The van der Waals surface area contributed by atoms with E-state index in [1.165, 1.54) is 19.3 Å². The maximum atomic E-state index is 12.1. The first-order valence-electron chi connectivity index (χ1n) is 10.8. The Bertz CT molecular complexity index is 394. The van der Waals surface area contributed by atoms with Gasteiger partial charge in [-0.2, -0.15) is 0 Å². The number of hydrogen-bond donors (Lipinski definition) is 2. The van der Waals surface area contributed by atoms with E-state index in [0.717, 1.165) is 44.6 Å². The van der Waals surface area contributed by atoms with Crippen LogP contribution in [0.25, 0.3) is 0 Å². The molecule has 7 heteroatoms. The minimum absolute atomic E-state index is 0.0574. The van der Waals surface area contributed by atoms with E-state index in [0.29, 0.717) is 13.0 Å². The van der Waals surface area contributed by atoms with Gasteiger partial charge in [0.25, 0.3) is 0 Å². The molecule has 1 atom stereocenters. The fraction of sp³-hybridized carbons (Fsp3) is 0.952. The standard InChI is InChI=1S/C21H45NO5Si/c1-7-8-9-10-13-19(23)14-11-12-15-20(24)22-18-21(2,3)16-17-28(25-4,26-5)27-6/h19,23H,7-18H2,1-6H3,(H,22,24). The van der Waals surface area contributed by atoms with Crippen LogP contribution in [-0.2, 0) is 18.1 Å². The molecule has 0 aliphatic heterocycles. The average Bonchev–Trinajstić information content (AvgIpc) is 2.68. The number of nitrogens with one attached hydrogen (secondary N) is 1. The Balaban J connectivity index is 3.95. The highest BCUT2D eigenvalue weighted by molar-refractivity contribution is 6.60. The summed E-state index contributed by atoms with van der Waals surface area (Å²) >= 11 is 0. The highest BCUT2D eigenvalue weighted by Crippen LogP contribution is 2.27. The average molecular weight is 420 g/mol. The van der Waals surface area contributed by atoms with Gasteiger partial charge in [0, 0.05) is 40.3 Å². The zero-order valence-electron chi connectivity index (χ0n) is 19.1. The van der Waals surface area contributed by atoms with Crippen molar-refractivity contribution in [1.82, 2.24) is 5.32 Å². The van der Waals surface area contributed by atoms with Crippen LogP contribution in [0.3, 0.4) is 0 Å². The van der Waals surface area contributed by atoms with Crippen LogP contribution in [0.2, 0.25) is 6.04 Å². The van der Waals surface area contributed by atoms with E-state index in [4.69, 9.17) is 13.3 Å². The van der Waals surface area contributed by atoms with Gasteiger partial charge in [0.1, 0.15) is 0 Å². The number of carbonyl (C=O) groups excluding carboxylic acids is 1. The number of unbranched alkanes of at least 4 members (excludes halogenated alkanes) is 4. The highest BCUT2D eigenvalue weighted by Gasteiger charge is 2.39. The van der Waals surface area contributed by atoms with Gasteiger partial charge < -0.3 is 23.7 Å². The van der Waals surface area contributed by atoms with Crippen molar-refractivity contribution in [1.29, 1.82) is 0 Å². The molecule has 28 heavy (non-hydrogen) atoms. The molecule has 0 rings (SSSR count). The number of aliphatic hydroxyl groups is 1. The molecule has 1 unspecified atom stereocenters. The quantitative estimate of drug-likeness (QED) is 0.256. The molecule has 0 aliphatic rings. The van der Waals surface area contributed by atoms with Crippen LogP contribution >= 0.6 is 0 Å². The van der Waals surface area contributed by atoms with Crippen LogP contribution in [0.5, 0.6) is 0 Å². The van der Waals surface area contributed by atoms with E-state index in [-0.39, 0.29) is 17.4 Å². The second-order valence-electron chi connectivity index (χ2n) is 8.49. The predicted octanol–water partition coefficient (Wildman–Crippen LogP) is 4.29. The molecule has 0 aromatic heterocycles. The van der Waals surface area contributed by atoms with Crippen LogP contribution in [0.4, 0.5) is 0 Å². The van der Waals surface area contributed by atoms with Gasteiger partial charge in [0.2, 0.25) is 5.91 Å². The smallest absolute Gasteiger partial charge is 0.393 e. The third-order valence-corrected chi connectivity index (χ3v) is 8.12. The molecule has 6 nitrogen and oxygen atoms in total. The minimum atomic E-state index is -2.57. The molecule has 168 valence electrons. The number of rotatable bonds is 18. The first kappa shape index (κ1) is 27.5. The van der Waals surface area contributed by atoms with Crippen molar-refractivity contribution in [2.75, 3.05) is 27.9 Å². The molecule has 0 aromatic rings. The van der Waals surface area contributed by atoms with E-state index in [9.17, 15) is 9.90 Å². The van der Waals surface area contributed by atoms with Crippen molar-refractivity contribution < 1.29 is 23.2 Å². The zero-order valence-corrected chi connectivity index (χ0v) is 20.1. The summed E-state index contributed by atoms with van der Waals surface area (Å²) in [5.74, 6) is 0.0826. The highest BCUT2D eigenvalue weighted by atomic mass is 28.4. The van der Waals surface area contributed by atoms with Crippen molar-refractivity contribution in [2.45, 2.75) is 97.1 Å². The molecule has 0 saturated heterocycles. The summed E-state index contributed by atoms with van der Waals surface area (Å²) in [6, 6.07) is 0.718. The van der Waals surface area contributed by atoms with Crippen molar-refractivity contribution in [3.63, 3.8) is 0 Å². The van der Waals surface area contributed by atoms with Gasteiger partial charge in [-0.1, -0.05) is 52.9 Å². The van der Waals surface area contributed by atoms with Gasteiger partial charge in [-0.05, 0) is 31.1 Å². The Morgan fingerprint density at radius 1 is 1.00 bits per heavy atom. The molecule has 0 aromatic carbocycles. The maximum Gasteiger partial charge on any atom is 0.500 e. The van der Waals surface area contributed by atoms with E-state index in [2.05, 4.69) is 26.1 Å². The second-order valence-corrected chi connectivity index (χ2v) is 11.6. The molecular formula is C21H45NO5Si. The molecule has 0 fully saturated rings. The summed E-state index contributed by atoms with van der Waals surface area (Å²) in [6.45, 7) is 7.06. The largest absolute Gasteiger partial charge is 0.500 e. The van der Waals surface area contributed by atoms with Gasteiger partial charge in [-0.3, -0.25) is 4.79 Å². The predicted molar refractivity (Wildman–Crippen MR) is 116 cm³/mol. The second kappa shape index (κ2) is 15.4. The van der Waals surface area contributed by atoms with Crippen LogP contribution in [0.1, 0.15) is 85.0 Å². The van der Waals surface area contributed by atoms with E-state index in [1.807, 2.05) is 0 Å². The Hall–Kier alpha value is -0.473. The molecule has 0 saturated carbocycles. The van der Waals surface area contributed by atoms with E-state index >= 15 is 0 Å². The monoisotopic (exact) mass is 419 g/mol. The Kier molecular flexibility index (Phi) is 15.1. The van der Waals surface area contributed by atoms with Crippen molar-refractivity contribution in [3.8, 4) is 0 Å². The van der Waals surface area contributed by atoms with Gasteiger partial charge in [-0.15, -0.1) is 0 Å². The molecule has 0 radical (unpaired) electrons. The van der Waals surface area contributed by atoms with E-state index in [1.54, 1.807) is 21.3 Å². The number of carbonyl (C=O) groups is 1. The van der Waals surface area contributed by atoms with Crippen molar-refractivity contribution in [3.05, 3.63) is 0 Å². The van der Waals surface area contributed by atoms with Gasteiger partial charge >= 0.3 is 8.80 Å². The zero-order chi connectivity index (χ0) is 21.5. The number of hydrogen-bond acceptors (Lipinski definition) is 5. The van der Waals surface area contributed by atoms with Crippen LogP contribution < -0.4 is 5.32 Å². The van der Waals surface area contributed by atoms with Gasteiger partial charge in [0.15, 0.2) is 0 Å². The first-order chi connectivity index (χ1) is 13.2. The third kappa shape index (κ3) is 12.9. The first-order valence-corrected chi connectivity index (χ1v) is 12.8. The lowest BCUT2D eigenvalue weighted by Crippen LogP contribution is -2.44. The SMILES string of the molecule is CCCCCCC(O)CCCCC(=O)NCC(C)(C)CC[Si](OC)(OC)OC. The molecule has 0 heterocycles. The molecular weight excluding hydrogens is 374 g/mol. The Labute approximate surface area is 174 Å². The normalized spacial score (nSPS) is 13.5. The Morgan fingerprint density at radius 2 is 1.57 bits per heavy atom. The molecule has 2 N–H and O–H groups in total. The summed E-state index contributed by atoms with van der Waals surface area (Å²) in [5, 5.41) is 13.0. The summed E-state index contributed by atoms with van der Waals surface area (Å²) < 4.78 is 16.4. The maximum absolute atomic E-state index is 12.1. The summed E-state index contributed by atoms with van der Waals surface area (Å²) in [5.41, 5.74) is -0.0574.